The first-order valence-corrected chi connectivity index (χ1v) is 10.6. The SMILES string of the molecule is COc1ccc(C2/C(=C(/O)c3ccc(OC)cc3OC)C(=O)C(=O)N2CCCN(C)C)cc1. The van der Waals surface area contributed by atoms with Crippen LogP contribution in [0.25, 0.3) is 5.76 Å². The van der Waals surface area contributed by atoms with Crippen LogP contribution in [-0.2, 0) is 9.59 Å². The number of aliphatic hydroxyl groups excluding tert-OH is 1. The van der Waals surface area contributed by atoms with Crippen LogP contribution < -0.4 is 14.2 Å². The smallest absolute Gasteiger partial charge is 0.295 e. The Balaban J connectivity index is 2.13. The molecule has 0 aromatic heterocycles. The summed E-state index contributed by atoms with van der Waals surface area (Å²) in [5, 5.41) is 11.3. The summed E-state index contributed by atoms with van der Waals surface area (Å²) in [7, 11) is 8.46. The number of hydrogen-bond donors (Lipinski definition) is 1. The zero-order chi connectivity index (χ0) is 24.1. The molecule has 8 heteroatoms. The highest BCUT2D eigenvalue weighted by molar-refractivity contribution is 6.46. The fourth-order valence-corrected chi connectivity index (χ4v) is 3.94. The zero-order valence-corrected chi connectivity index (χ0v) is 19.6. The molecule has 1 heterocycles. The predicted octanol–water partition coefficient (Wildman–Crippen LogP) is 3.09. The lowest BCUT2D eigenvalue weighted by Crippen LogP contribution is -2.32. The van der Waals surface area contributed by atoms with Gasteiger partial charge >= 0.3 is 0 Å². The Bertz CT molecular complexity index is 1050. The maximum absolute atomic E-state index is 13.1. The Morgan fingerprint density at radius 1 is 0.970 bits per heavy atom. The van der Waals surface area contributed by atoms with Gasteiger partial charge in [0.05, 0.1) is 38.5 Å². The molecule has 8 nitrogen and oxygen atoms in total. The van der Waals surface area contributed by atoms with Gasteiger partial charge in [-0.25, -0.2) is 0 Å². The van der Waals surface area contributed by atoms with Crippen LogP contribution in [0, 0.1) is 0 Å². The first-order chi connectivity index (χ1) is 15.8. The van der Waals surface area contributed by atoms with E-state index in [9.17, 15) is 14.7 Å². The number of nitrogens with zero attached hydrogens (tertiary/aromatic N) is 2. The number of carbonyl (C=O) groups is 2. The molecule has 0 aliphatic carbocycles. The zero-order valence-electron chi connectivity index (χ0n) is 19.6. The van der Waals surface area contributed by atoms with Crippen molar-refractivity contribution in [3.05, 3.63) is 59.2 Å². The van der Waals surface area contributed by atoms with Gasteiger partial charge in [0.1, 0.15) is 23.0 Å². The van der Waals surface area contributed by atoms with Crippen molar-refractivity contribution in [2.75, 3.05) is 48.5 Å². The molecule has 1 amide bonds. The summed E-state index contributed by atoms with van der Waals surface area (Å²) in [5.74, 6) is -0.123. The lowest BCUT2D eigenvalue weighted by molar-refractivity contribution is -0.139. The van der Waals surface area contributed by atoms with E-state index in [2.05, 4.69) is 0 Å². The molecule has 1 saturated heterocycles. The number of benzene rings is 2. The van der Waals surface area contributed by atoms with Gasteiger partial charge in [-0.2, -0.15) is 0 Å². The van der Waals surface area contributed by atoms with Crippen LogP contribution in [0.4, 0.5) is 0 Å². The van der Waals surface area contributed by atoms with Gasteiger partial charge in [0, 0.05) is 12.6 Å². The van der Waals surface area contributed by atoms with E-state index in [4.69, 9.17) is 14.2 Å². The summed E-state index contributed by atoms with van der Waals surface area (Å²) in [6, 6.07) is 11.3. The Morgan fingerprint density at radius 2 is 1.61 bits per heavy atom. The predicted molar refractivity (Wildman–Crippen MR) is 125 cm³/mol. The standard InChI is InChI=1S/C25H30N2O6/c1-26(2)13-6-14-27-22(16-7-9-17(31-3)10-8-16)21(24(29)25(27)30)23(28)19-12-11-18(32-4)15-20(19)33-5/h7-12,15,22,28H,6,13-14H2,1-5H3/b23-21-. The average Bonchev–Trinajstić information content (AvgIpc) is 3.08. The van der Waals surface area contributed by atoms with E-state index in [1.54, 1.807) is 49.6 Å². The van der Waals surface area contributed by atoms with E-state index in [0.29, 0.717) is 41.3 Å². The van der Waals surface area contributed by atoms with E-state index >= 15 is 0 Å². The summed E-state index contributed by atoms with van der Waals surface area (Å²) >= 11 is 0. The van der Waals surface area contributed by atoms with Crippen molar-refractivity contribution >= 4 is 17.4 Å². The molecular weight excluding hydrogens is 424 g/mol. The Hall–Kier alpha value is -3.52. The van der Waals surface area contributed by atoms with Crippen molar-refractivity contribution in [2.45, 2.75) is 12.5 Å². The summed E-state index contributed by atoms with van der Waals surface area (Å²) in [4.78, 5) is 29.7. The first-order valence-electron chi connectivity index (χ1n) is 10.6. The van der Waals surface area contributed by atoms with Gasteiger partial charge in [-0.05, 0) is 56.9 Å². The highest BCUT2D eigenvalue weighted by Crippen LogP contribution is 2.41. The van der Waals surface area contributed by atoms with Gasteiger partial charge in [-0.15, -0.1) is 0 Å². The minimum atomic E-state index is -0.732. The number of methoxy groups -OCH3 is 3. The minimum Gasteiger partial charge on any atom is -0.507 e. The summed E-state index contributed by atoms with van der Waals surface area (Å²) < 4.78 is 15.9. The normalized spacial score (nSPS) is 17.5. The van der Waals surface area contributed by atoms with Crippen LogP contribution in [0.5, 0.6) is 17.2 Å². The van der Waals surface area contributed by atoms with Crippen molar-refractivity contribution in [2.24, 2.45) is 0 Å². The van der Waals surface area contributed by atoms with E-state index in [1.807, 2.05) is 19.0 Å². The molecule has 0 spiro atoms. The number of amides is 1. The number of hydrogen-bond acceptors (Lipinski definition) is 7. The molecule has 1 N–H and O–H groups in total. The van der Waals surface area contributed by atoms with Crippen LogP contribution in [0.1, 0.15) is 23.6 Å². The quantitative estimate of drug-likeness (QED) is 0.354. The number of ether oxygens (including phenoxy) is 3. The third kappa shape index (κ3) is 4.96. The van der Waals surface area contributed by atoms with E-state index < -0.39 is 17.7 Å². The third-order valence-corrected chi connectivity index (χ3v) is 5.64. The monoisotopic (exact) mass is 454 g/mol. The van der Waals surface area contributed by atoms with Crippen LogP contribution in [-0.4, -0.2) is 75.1 Å². The molecule has 176 valence electrons. The van der Waals surface area contributed by atoms with Crippen LogP contribution in [0.15, 0.2) is 48.0 Å². The molecule has 0 radical (unpaired) electrons. The van der Waals surface area contributed by atoms with Gasteiger partial charge in [-0.3, -0.25) is 9.59 Å². The van der Waals surface area contributed by atoms with Crippen molar-refractivity contribution in [1.29, 1.82) is 0 Å². The molecule has 0 bridgehead atoms. The van der Waals surface area contributed by atoms with Crippen LogP contribution >= 0.6 is 0 Å². The van der Waals surface area contributed by atoms with Crippen molar-refractivity contribution in [3.63, 3.8) is 0 Å². The van der Waals surface area contributed by atoms with Gasteiger partial charge in [0.15, 0.2) is 0 Å². The highest BCUT2D eigenvalue weighted by Gasteiger charge is 2.46. The van der Waals surface area contributed by atoms with E-state index in [1.165, 1.54) is 19.1 Å². The number of aliphatic hydroxyl groups is 1. The van der Waals surface area contributed by atoms with Crippen LogP contribution in [0.3, 0.4) is 0 Å². The lowest BCUT2D eigenvalue weighted by atomic mass is 9.95. The number of carbonyl (C=O) groups excluding carboxylic acids is 2. The molecule has 1 aliphatic heterocycles. The van der Waals surface area contributed by atoms with Crippen molar-refractivity contribution in [1.82, 2.24) is 9.80 Å². The Morgan fingerprint density at radius 3 is 2.18 bits per heavy atom. The largest absolute Gasteiger partial charge is 0.507 e. The van der Waals surface area contributed by atoms with Gasteiger partial charge in [-0.1, -0.05) is 12.1 Å². The highest BCUT2D eigenvalue weighted by atomic mass is 16.5. The number of Topliss-reactive ketones (excluding diaryl/α,β-unsaturated/α-hetero) is 1. The number of ketones is 1. The second kappa shape index (κ2) is 10.4. The minimum absolute atomic E-state index is 0.0264. The topological polar surface area (TPSA) is 88.5 Å². The summed E-state index contributed by atoms with van der Waals surface area (Å²) in [6.45, 7) is 1.13. The Kier molecular flexibility index (Phi) is 7.60. The second-order valence-electron chi connectivity index (χ2n) is 7.99. The molecule has 1 atom stereocenters. The fraction of sp³-hybridized carbons (Fsp3) is 0.360. The van der Waals surface area contributed by atoms with E-state index in [0.717, 1.165) is 6.54 Å². The molecule has 1 fully saturated rings. The molecule has 0 saturated carbocycles. The number of rotatable bonds is 9. The molecule has 3 rings (SSSR count). The van der Waals surface area contributed by atoms with E-state index in [-0.39, 0.29) is 11.3 Å². The molecule has 2 aromatic carbocycles. The van der Waals surface area contributed by atoms with Gasteiger partial charge in [0.25, 0.3) is 11.7 Å². The maximum Gasteiger partial charge on any atom is 0.295 e. The van der Waals surface area contributed by atoms with Gasteiger partial charge < -0.3 is 29.1 Å². The summed E-state index contributed by atoms with van der Waals surface area (Å²) in [5.41, 5.74) is 1.04. The average molecular weight is 455 g/mol. The molecule has 1 unspecified atom stereocenters. The molecular formula is C25H30N2O6. The summed E-state index contributed by atoms with van der Waals surface area (Å²) in [6.07, 6.45) is 0.679. The fourth-order valence-electron chi connectivity index (χ4n) is 3.94. The second-order valence-corrected chi connectivity index (χ2v) is 7.99. The Labute approximate surface area is 194 Å². The first kappa shape index (κ1) is 24.1. The van der Waals surface area contributed by atoms with Gasteiger partial charge in [0.2, 0.25) is 0 Å². The number of likely N-dealkylation sites (tertiary alicyclic amines) is 1. The lowest BCUT2D eigenvalue weighted by Gasteiger charge is -2.26. The van der Waals surface area contributed by atoms with Crippen molar-refractivity contribution in [3.8, 4) is 17.2 Å². The molecule has 1 aliphatic rings. The third-order valence-electron chi connectivity index (χ3n) is 5.64. The molecule has 33 heavy (non-hydrogen) atoms. The molecule has 2 aromatic rings. The van der Waals surface area contributed by atoms with Crippen molar-refractivity contribution < 1.29 is 28.9 Å². The maximum atomic E-state index is 13.1. The van der Waals surface area contributed by atoms with Crippen LogP contribution in [0.2, 0.25) is 0 Å².